The largest absolute Gasteiger partial charge is 0.379 e. The Hall–Kier alpha value is -14.8. The van der Waals surface area contributed by atoms with Crippen molar-refractivity contribution in [2.75, 3.05) is 91.8 Å². The summed E-state index contributed by atoms with van der Waals surface area (Å²) in [4.78, 5) is 67.3. The molecule has 0 bridgehead atoms. The van der Waals surface area contributed by atoms with Gasteiger partial charge >= 0.3 is 0 Å². The molecule has 4 aliphatic heterocycles. The van der Waals surface area contributed by atoms with Gasteiger partial charge in [-0.25, -0.2) is 33.1 Å². The predicted molar refractivity (Wildman–Crippen MR) is 562 cm³/mol. The molecule has 9 aromatic carbocycles. The number of halogens is 7. The summed E-state index contributed by atoms with van der Waals surface area (Å²) in [6.45, 7) is 13.5. The van der Waals surface area contributed by atoms with Crippen LogP contribution in [0.1, 0.15) is 68.1 Å². The quantitative estimate of drug-likeness (QED) is 0.0744. The lowest BCUT2D eigenvalue weighted by molar-refractivity contribution is 0.0336. The molecule has 4 aliphatic rings. The zero-order valence-corrected chi connectivity index (χ0v) is 81.5. The Morgan fingerprint density at radius 2 is 0.715 bits per heavy atom. The van der Waals surface area contributed by atoms with Crippen LogP contribution in [0.4, 0.5) is 13.2 Å². The summed E-state index contributed by atoms with van der Waals surface area (Å²) >= 11 is 24.6. The van der Waals surface area contributed by atoms with Gasteiger partial charge in [-0.15, -0.1) is 0 Å². The number of piperidine rings is 1. The molecule has 2 amide bonds. The van der Waals surface area contributed by atoms with Crippen molar-refractivity contribution < 1.29 is 32.0 Å². The molecule has 11 aromatic heterocycles. The molecule has 4 fully saturated rings. The molecule has 0 atom stereocenters. The number of carbonyl (C=O) groups excluding carboxylic acids is 2. The first-order chi connectivity index (χ1) is 70.5. The molecule has 144 heavy (non-hydrogen) atoms. The highest BCUT2D eigenvalue weighted by molar-refractivity contribution is 6.31. The number of benzene rings is 9. The summed E-state index contributed by atoms with van der Waals surface area (Å²) in [5.41, 5.74) is 25.6. The number of hydrogen-bond donors (Lipinski definition) is 0. The van der Waals surface area contributed by atoms with E-state index in [-0.39, 0.29) is 29.1 Å². The van der Waals surface area contributed by atoms with Gasteiger partial charge in [0.05, 0.1) is 75.6 Å². The van der Waals surface area contributed by atoms with E-state index in [1.54, 1.807) is 55.1 Å². The predicted octanol–water partition coefficient (Wildman–Crippen LogP) is 24.8. The van der Waals surface area contributed by atoms with Gasteiger partial charge in [0.25, 0.3) is 11.8 Å². The van der Waals surface area contributed by atoms with Crippen molar-refractivity contribution >= 4 is 91.8 Å². The number of rotatable bonds is 19. The minimum absolute atomic E-state index is 0.00981. The average Bonchev–Trinajstić information content (AvgIpc) is 1.63. The SMILES string of the molecule is Fc1ccc2onc(C3CCN(Cc4c(-c5ccc(Cl)cc5)nc5ccc(-c6ccccc6)cn45)CC3)c2c1.Fc1cccc(F)c1-c1ccc2nc(-c3ccc(Cl)cc3)c(CN3CCOCC3)n2c1.O=C(c1ccccn1)N1CCN(Cc2c(-c3ccc(Cl)cc3)nc3ccc(-c4ccccc4)cn23)CC1.O=C(c1cccnc1)N1CCN(Cc2c(-c3ccc(Cl)cc3)nc3ccc(-c4ccccc4)cn23)CC1. The Morgan fingerprint density at radius 1 is 0.340 bits per heavy atom. The first-order valence-electron chi connectivity index (χ1n) is 48.1. The second-order valence-corrected chi connectivity index (χ2v) is 37.9. The van der Waals surface area contributed by atoms with Crippen LogP contribution in [-0.4, -0.2) is 186 Å². The molecule has 0 saturated carbocycles. The standard InChI is InChI=1S/C32H26ClFN4O.2C30H26ClN5O.C24H20ClF2N3O/c33-25-9-6-22(7-10-25)32-28(38-19-24(8-13-30(38)35-32)21-4-2-1-3-5-21)20-37-16-14-23(15-17-37)31-27-18-26(34)11-12-29(27)39-36-31;31-25-12-9-23(10-13-25)29-27(36-20-24(11-14-28(36)33-29)22-6-2-1-3-7-22)21-34-16-18-35(19-17-34)30(37)26-8-4-5-15-32-26;31-26-11-8-23(9-12-26)29-27(36-20-25(10-13-28(36)33-29)22-5-2-1-3-6-22)21-34-15-17-35(18-16-34)30(37)24-7-4-14-32-19-24;25-18-7-4-16(5-8-18)24-21(15-29-10-12-31-13-11-29)30-14-17(6-9-22(30)28-24)23-19(26)2-1-3-20(23)27/h1-13,18-19,23H,14-17,20H2;1-15,20H,16-19,21H2;1-14,19-20H,15-18,21H2;1-9,14H,10-13,15H2. The molecule has 21 nitrogen and oxygen atoms in total. The van der Waals surface area contributed by atoms with Crippen LogP contribution in [0.25, 0.3) is 123 Å². The average molecular weight is 1990 g/mol. The summed E-state index contributed by atoms with van der Waals surface area (Å²) in [5.74, 6) is -1.17. The minimum Gasteiger partial charge on any atom is -0.379 e. The maximum Gasteiger partial charge on any atom is 0.272 e. The van der Waals surface area contributed by atoms with Gasteiger partial charge in [0.2, 0.25) is 0 Å². The van der Waals surface area contributed by atoms with Crippen LogP contribution in [0.3, 0.4) is 0 Å². The van der Waals surface area contributed by atoms with Crippen LogP contribution in [0.5, 0.6) is 0 Å². The minimum atomic E-state index is -0.591. The van der Waals surface area contributed by atoms with E-state index in [1.807, 2.05) is 148 Å². The normalized spacial score (nSPS) is 14.6. The second-order valence-electron chi connectivity index (χ2n) is 36.2. The molecule has 24 rings (SSSR count). The number of imidazole rings is 4. The van der Waals surface area contributed by atoms with Gasteiger partial charge < -0.3 is 36.7 Å². The fourth-order valence-electron chi connectivity index (χ4n) is 19.4. The Morgan fingerprint density at radius 3 is 1.11 bits per heavy atom. The molecule has 720 valence electrons. The Labute approximate surface area is 850 Å². The fraction of sp³-hybridized carbons (Fsp3) is 0.181. The van der Waals surface area contributed by atoms with Crippen molar-refractivity contribution in [3.05, 3.63) is 424 Å². The van der Waals surface area contributed by atoms with E-state index in [0.717, 1.165) is 197 Å². The summed E-state index contributed by atoms with van der Waals surface area (Å²) in [5, 5.41) is 7.87. The lowest BCUT2D eigenvalue weighted by Gasteiger charge is -2.34. The number of likely N-dealkylation sites (tertiary alicyclic amines) is 1. The molecule has 0 unspecified atom stereocenters. The topological polar surface area (TPSA) is 184 Å². The number of hydrogen-bond acceptors (Lipinski definition) is 15. The Bertz CT molecular complexity index is 7660. The molecular weight excluding hydrogens is 1890 g/mol. The number of nitrogens with zero attached hydrogens (tertiary/aromatic N) is 17. The van der Waals surface area contributed by atoms with Crippen molar-refractivity contribution in [3.8, 4) is 89.5 Å². The zero-order chi connectivity index (χ0) is 98.1. The van der Waals surface area contributed by atoms with Crippen LogP contribution in [-0.2, 0) is 30.9 Å². The highest BCUT2D eigenvalue weighted by Gasteiger charge is 2.32. The molecule has 0 aliphatic carbocycles. The molecular formula is C116H98Cl4F3N17O4. The molecule has 28 heteroatoms. The molecule has 0 N–H and O–H groups in total. The molecule has 15 heterocycles. The number of amides is 2. The van der Waals surface area contributed by atoms with Crippen LogP contribution >= 0.6 is 46.4 Å². The van der Waals surface area contributed by atoms with Crippen molar-refractivity contribution in [3.63, 3.8) is 0 Å². The Kier molecular flexibility index (Phi) is 28.9. The van der Waals surface area contributed by atoms with Crippen LogP contribution in [0.15, 0.2) is 351 Å². The fourth-order valence-corrected chi connectivity index (χ4v) is 19.9. The van der Waals surface area contributed by atoms with Gasteiger partial charge in [0.15, 0.2) is 5.58 Å². The molecule has 0 radical (unpaired) electrons. The number of aromatic nitrogens is 11. The van der Waals surface area contributed by atoms with E-state index in [0.29, 0.717) is 94.1 Å². The second kappa shape index (κ2) is 43.6. The zero-order valence-electron chi connectivity index (χ0n) is 78.5. The molecule has 20 aromatic rings. The van der Waals surface area contributed by atoms with Gasteiger partial charge in [-0.2, -0.15) is 0 Å². The first-order valence-corrected chi connectivity index (χ1v) is 49.6. The number of carbonyl (C=O) groups is 2. The van der Waals surface area contributed by atoms with Crippen LogP contribution < -0.4 is 0 Å². The van der Waals surface area contributed by atoms with Crippen molar-refractivity contribution in [2.24, 2.45) is 0 Å². The van der Waals surface area contributed by atoms with Crippen molar-refractivity contribution in [1.29, 1.82) is 0 Å². The van der Waals surface area contributed by atoms with Crippen molar-refractivity contribution in [1.82, 2.24) is 82.1 Å². The maximum atomic E-state index is 14.4. The number of morpholine rings is 1. The summed E-state index contributed by atoms with van der Waals surface area (Å²) < 4.78 is 62.3. The third-order valence-corrected chi connectivity index (χ3v) is 28.1. The molecule has 4 saturated heterocycles. The number of fused-ring (bicyclic) bond motifs is 5. The highest BCUT2D eigenvalue weighted by Crippen LogP contribution is 2.40. The summed E-state index contributed by atoms with van der Waals surface area (Å²) in [6, 6.07) is 96.0. The smallest absolute Gasteiger partial charge is 0.272 e. The van der Waals surface area contributed by atoms with Gasteiger partial charge in [-0.1, -0.05) is 203 Å². The van der Waals surface area contributed by atoms with Gasteiger partial charge in [-0.3, -0.25) is 39.2 Å². The maximum absolute atomic E-state index is 14.4. The van der Waals surface area contributed by atoms with E-state index in [1.165, 1.54) is 47.0 Å². The van der Waals surface area contributed by atoms with Crippen LogP contribution in [0.2, 0.25) is 20.1 Å². The van der Waals surface area contributed by atoms with E-state index >= 15 is 0 Å². The number of piperazine rings is 2. The third-order valence-electron chi connectivity index (χ3n) is 27.1. The Balaban J connectivity index is 0.000000114. The number of ether oxygens (including phenoxy) is 1. The lowest BCUT2D eigenvalue weighted by atomic mass is 9.91. The molecule has 0 spiro atoms. The van der Waals surface area contributed by atoms with Crippen LogP contribution in [0, 0.1) is 17.5 Å². The third kappa shape index (κ3) is 21.5. The van der Waals surface area contributed by atoms with Gasteiger partial charge in [0.1, 0.15) is 45.7 Å². The summed E-state index contributed by atoms with van der Waals surface area (Å²) in [7, 11) is 0. The number of pyridine rings is 6. The monoisotopic (exact) mass is 1990 g/mol. The van der Waals surface area contributed by atoms with Gasteiger partial charge in [0, 0.05) is 194 Å². The van der Waals surface area contributed by atoms with E-state index in [9.17, 15) is 22.8 Å². The van der Waals surface area contributed by atoms with Gasteiger partial charge in [-0.05, 0) is 211 Å². The van der Waals surface area contributed by atoms with Crippen molar-refractivity contribution in [2.45, 2.75) is 44.9 Å². The van der Waals surface area contributed by atoms with E-state index in [2.05, 4.69) is 176 Å². The summed E-state index contributed by atoms with van der Waals surface area (Å²) in [6.07, 6.45) is 15.1. The lowest BCUT2D eigenvalue weighted by Crippen LogP contribution is -2.48. The van der Waals surface area contributed by atoms with E-state index < -0.39 is 11.6 Å². The highest BCUT2D eigenvalue weighted by atomic mass is 35.5. The first kappa shape index (κ1) is 95.4. The van der Waals surface area contributed by atoms with E-state index in [4.69, 9.17) is 75.6 Å².